The van der Waals surface area contributed by atoms with Gasteiger partial charge in [-0.1, -0.05) is 58.2 Å². The highest BCUT2D eigenvalue weighted by molar-refractivity contribution is 9.10. The average Bonchev–Trinajstić information content (AvgIpc) is 3.81. The second kappa shape index (κ2) is 8.98. The summed E-state index contributed by atoms with van der Waals surface area (Å²) >= 11 is 3.48. The van der Waals surface area contributed by atoms with Crippen LogP contribution in [0.15, 0.2) is 65.4 Å². The third-order valence-corrected chi connectivity index (χ3v) is 9.05. The van der Waals surface area contributed by atoms with E-state index in [4.69, 9.17) is 9.97 Å². The molecule has 39 heavy (non-hydrogen) atoms. The van der Waals surface area contributed by atoms with Crippen molar-refractivity contribution < 1.29 is 15.0 Å². The van der Waals surface area contributed by atoms with E-state index in [0.717, 1.165) is 16.5 Å². The van der Waals surface area contributed by atoms with E-state index in [-0.39, 0.29) is 17.7 Å². The molecule has 8 nitrogen and oxygen atoms in total. The number of fused-ring (bicyclic) bond motifs is 2. The van der Waals surface area contributed by atoms with Crippen molar-refractivity contribution in [1.82, 2.24) is 19.5 Å². The monoisotopic (exact) mass is 583 g/mol. The van der Waals surface area contributed by atoms with E-state index in [0.29, 0.717) is 35.1 Å². The summed E-state index contributed by atoms with van der Waals surface area (Å²) in [6.45, 7) is 1.49. The summed E-state index contributed by atoms with van der Waals surface area (Å²) in [5.41, 5.74) is 2.29. The molecule has 9 heteroatoms. The number of nitrogens with zero attached hydrogens (tertiary/aromatic N) is 4. The maximum atomic E-state index is 12.4. The lowest BCUT2D eigenvalue weighted by Crippen LogP contribution is -2.36. The van der Waals surface area contributed by atoms with Crippen molar-refractivity contribution in [3.63, 3.8) is 0 Å². The van der Waals surface area contributed by atoms with Crippen molar-refractivity contribution in [2.45, 2.75) is 50.0 Å². The number of aliphatic hydroxyl groups is 2. The number of imidazole rings is 1. The van der Waals surface area contributed by atoms with E-state index in [1.807, 2.05) is 42.5 Å². The molecule has 196 valence electrons. The van der Waals surface area contributed by atoms with E-state index in [9.17, 15) is 15.0 Å². The Labute approximate surface area is 233 Å². The van der Waals surface area contributed by atoms with Crippen LogP contribution in [-0.2, 0) is 4.79 Å². The second-order valence-electron chi connectivity index (χ2n) is 10.8. The minimum Gasteiger partial charge on any atom is -0.389 e. The first-order chi connectivity index (χ1) is 18.9. The first kappa shape index (κ1) is 24.5. The minimum absolute atomic E-state index is 0.0933. The largest absolute Gasteiger partial charge is 0.389 e. The summed E-state index contributed by atoms with van der Waals surface area (Å²) < 4.78 is 2.73. The van der Waals surface area contributed by atoms with Crippen LogP contribution in [0.25, 0.3) is 11.2 Å². The molecule has 7 atom stereocenters. The molecule has 0 amide bonds. The Balaban J connectivity index is 1.29. The molecule has 4 unspecified atom stereocenters. The highest BCUT2D eigenvalue weighted by Gasteiger charge is 2.74. The van der Waals surface area contributed by atoms with Crippen LogP contribution < -0.4 is 5.32 Å². The SMILES string of the molecule is CC(=O)[C@@]12CC1[C@@H](n1cnc3c(NC4CC4c4ccccc4)nc(C#Cc4cccc(Br)c4)nc31)[C@H](O)C2O. The van der Waals surface area contributed by atoms with Gasteiger partial charge in [-0.05, 0) is 55.4 Å². The number of halogens is 1. The molecule has 4 aromatic rings. The number of carbonyl (C=O) groups is 1. The van der Waals surface area contributed by atoms with E-state index >= 15 is 0 Å². The van der Waals surface area contributed by atoms with E-state index in [1.54, 1.807) is 10.9 Å². The first-order valence-corrected chi connectivity index (χ1v) is 13.9. The summed E-state index contributed by atoms with van der Waals surface area (Å²) in [4.78, 5) is 26.5. The van der Waals surface area contributed by atoms with Gasteiger partial charge >= 0.3 is 0 Å². The third kappa shape index (κ3) is 3.97. The number of rotatable bonds is 5. The lowest BCUT2D eigenvalue weighted by molar-refractivity contribution is -0.128. The van der Waals surface area contributed by atoms with Gasteiger partial charge in [0.2, 0.25) is 5.82 Å². The number of carbonyl (C=O) groups excluding carboxylic acids is 1. The summed E-state index contributed by atoms with van der Waals surface area (Å²) in [5.74, 6) is 7.25. The van der Waals surface area contributed by atoms with Crippen LogP contribution in [0, 0.1) is 23.2 Å². The highest BCUT2D eigenvalue weighted by atomic mass is 79.9. The Morgan fingerprint density at radius 2 is 1.95 bits per heavy atom. The highest BCUT2D eigenvalue weighted by Crippen LogP contribution is 2.68. The van der Waals surface area contributed by atoms with Gasteiger partial charge in [-0.2, -0.15) is 0 Å². The van der Waals surface area contributed by atoms with Crippen LogP contribution >= 0.6 is 15.9 Å². The molecule has 7 rings (SSSR count). The Morgan fingerprint density at radius 3 is 2.69 bits per heavy atom. The molecule has 3 aliphatic carbocycles. The molecule has 3 N–H and O–H groups in total. The Hall–Kier alpha value is -3.58. The molecule has 2 aromatic heterocycles. The maximum Gasteiger partial charge on any atom is 0.209 e. The molecule has 2 heterocycles. The number of anilines is 1. The molecule has 0 radical (unpaired) electrons. The van der Waals surface area contributed by atoms with Crippen LogP contribution in [0.1, 0.15) is 48.7 Å². The Morgan fingerprint density at radius 1 is 1.13 bits per heavy atom. The summed E-state index contributed by atoms with van der Waals surface area (Å²) in [5, 5.41) is 25.4. The van der Waals surface area contributed by atoms with Gasteiger partial charge in [0, 0.05) is 22.0 Å². The van der Waals surface area contributed by atoms with Gasteiger partial charge in [-0.3, -0.25) is 4.79 Å². The average molecular weight is 584 g/mol. The zero-order chi connectivity index (χ0) is 26.9. The summed E-state index contributed by atoms with van der Waals surface area (Å²) in [7, 11) is 0. The van der Waals surface area contributed by atoms with Gasteiger partial charge in [-0.15, -0.1) is 0 Å². The van der Waals surface area contributed by atoms with Crippen molar-refractivity contribution in [1.29, 1.82) is 0 Å². The number of ketones is 1. The maximum absolute atomic E-state index is 12.4. The van der Waals surface area contributed by atoms with Gasteiger partial charge in [0.05, 0.1) is 23.9 Å². The zero-order valence-corrected chi connectivity index (χ0v) is 22.7. The Bertz CT molecular complexity index is 1680. The zero-order valence-electron chi connectivity index (χ0n) is 21.1. The van der Waals surface area contributed by atoms with Crippen LogP contribution in [0.2, 0.25) is 0 Å². The molecular formula is C30H26BrN5O3. The number of aromatic nitrogens is 4. The van der Waals surface area contributed by atoms with E-state index in [1.165, 1.54) is 12.5 Å². The first-order valence-electron chi connectivity index (χ1n) is 13.1. The quantitative estimate of drug-likeness (QED) is 0.306. The van der Waals surface area contributed by atoms with Crippen molar-refractivity contribution in [2.75, 3.05) is 5.32 Å². The normalized spacial score (nSPS) is 30.4. The van der Waals surface area contributed by atoms with Gasteiger partial charge in [0.25, 0.3) is 0 Å². The lowest BCUT2D eigenvalue weighted by Gasteiger charge is -2.23. The summed E-state index contributed by atoms with van der Waals surface area (Å²) in [6, 6.07) is 17.8. The van der Waals surface area contributed by atoms with Gasteiger partial charge < -0.3 is 20.1 Å². The number of benzene rings is 2. The fourth-order valence-electron chi connectivity index (χ4n) is 6.36. The predicted octanol–water partition coefficient (Wildman–Crippen LogP) is 3.83. The standard InChI is InChI=1S/C30H26BrN5O3/c1-16(37)30-14-21(30)25(26(38)27(30)39)36-15-32-24-28(33-22-13-20(22)18-7-3-2-4-8-18)34-23(35-29(24)36)11-10-17-6-5-9-19(31)12-17/h2-9,12,15,20-22,25-27,38-39H,13-14H2,1H3,(H,33,34,35)/t20?,21?,22?,25-,26+,27?,30+/m1/s1. The second-order valence-corrected chi connectivity index (χ2v) is 11.7. The van der Waals surface area contributed by atoms with Crippen LogP contribution in [0.4, 0.5) is 5.82 Å². The van der Waals surface area contributed by atoms with Gasteiger partial charge in [0.15, 0.2) is 17.0 Å². The number of hydrogen-bond acceptors (Lipinski definition) is 7. The molecule has 2 aromatic carbocycles. The van der Waals surface area contributed by atoms with Gasteiger partial charge in [-0.25, -0.2) is 15.0 Å². The molecule has 0 spiro atoms. The molecule has 0 saturated heterocycles. The van der Waals surface area contributed by atoms with Crippen molar-refractivity contribution in [3.8, 4) is 11.8 Å². The van der Waals surface area contributed by atoms with Gasteiger partial charge in [0.1, 0.15) is 11.9 Å². The van der Waals surface area contributed by atoms with E-state index in [2.05, 4.69) is 50.2 Å². The smallest absolute Gasteiger partial charge is 0.209 e. The number of nitrogens with one attached hydrogen (secondary N) is 1. The molecule has 3 aliphatic rings. The molecule has 0 bridgehead atoms. The van der Waals surface area contributed by atoms with Crippen LogP contribution in [0.5, 0.6) is 0 Å². The van der Waals surface area contributed by atoms with E-state index < -0.39 is 23.7 Å². The summed E-state index contributed by atoms with van der Waals surface area (Å²) in [6.07, 6.45) is 0.935. The fraction of sp³-hybridized carbons (Fsp3) is 0.333. The molecule has 3 fully saturated rings. The number of hydrogen-bond donors (Lipinski definition) is 3. The van der Waals surface area contributed by atoms with Crippen molar-refractivity contribution >= 4 is 38.7 Å². The Kier molecular flexibility index (Phi) is 5.63. The number of aliphatic hydroxyl groups excluding tert-OH is 2. The van der Waals surface area contributed by atoms with Crippen molar-refractivity contribution in [2.24, 2.45) is 11.3 Å². The number of Topliss-reactive ketones (excluding diaryl/α,β-unsaturated/α-hetero) is 1. The lowest BCUT2D eigenvalue weighted by atomic mass is 9.95. The minimum atomic E-state index is -1.12. The third-order valence-electron chi connectivity index (χ3n) is 8.55. The molecular weight excluding hydrogens is 558 g/mol. The fourth-order valence-corrected chi connectivity index (χ4v) is 6.76. The predicted molar refractivity (Wildman–Crippen MR) is 149 cm³/mol. The van der Waals surface area contributed by atoms with Crippen LogP contribution in [-0.4, -0.2) is 53.8 Å². The molecule has 3 saturated carbocycles. The van der Waals surface area contributed by atoms with Crippen LogP contribution in [0.3, 0.4) is 0 Å². The van der Waals surface area contributed by atoms with Crippen molar-refractivity contribution in [3.05, 3.63) is 82.3 Å². The topological polar surface area (TPSA) is 113 Å². The molecule has 0 aliphatic heterocycles.